The molecule has 1 N–H and O–H groups in total. The van der Waals surface area contributed by atoms with E-state index in [0.29, 0.717) is 0 Å². The van der Waals surface area contributed by atoms with E-state index in [9.17, 15) is 5.11 Å². The maximum Gasteiger partial charge on any atom is 0.0793 e. The van der Waals surface area contributed by atoms with Crippen LogP contribution >= 0.6 is 0 Å². The largest absolute Gasteiger partial charge is 0.388 e. The van der Waals surface area contributed by atoms with Crippen LogP contribution in [0, 0.1) is 6.92 Å². The van der Waals surface area contributed by atoms with Crippen molar-refractivity contribution >= 4 is 0 Å². The van der Waals surface area contributed by atoms with Crippen molar-refractivity contribution in [1.29, 1.82) is 0 Å². The average molecular weight is 244 g/mol. The molecule has 0 aliphatic rings. The first-order chi connectivity index (χ1) is 8.70. The summed E-state index contributed by atoms with van der Waals surface area (Å²) in [5, 5.41) is 14.5. The van der Waals surface area contributed by atoms with E-state index >= 15 is 0 Å². The molecule has 3 heteroatoms. The number of aryl methyl sites for hydroxylation is 3. The minimum Gasteiger partial charge on any atom is -0.388 e. The van der Waals surface area contributed by atoms with Crippen molar-refractivity contribution in [3.05, 3.63) is 53.3 Å². The molecule has 2 rings (SSSR count). The molecule has 1 unspecified atom stereocenters. The van der Waals surface area contributed by atoms with Gasteiger partial charge in [-0.2, -0.15) is 5.10 Å². The van der Waals surface area contributed by atoms with Gasteiger partial charge in [0.15, 0.2) is 0 Å². The van der Waals surface area contributed by atoms with Crippen molar-refractivity contribution in [2.75, 3.05) is 0 Å². The summed E-state index contributed by atoms with van der Waals surface area (Å²) in [5.74, 6) is 0. The average Bonchev–Trinajstić information content (AvgIpc) is 2.77. The molecule has 0 bridgehead atoms. The van der Waals surface area contributed by atoms with E-state index in [4.69, 9.17) is 0 Å². The molecule has 0 saturated heterocycles. The molecule has 18 heavy (non-hydrogen) atoms. The molecule has 1 aromatic heterocycles. The highest BCUT2D eigenvalue weighted by Gasteiger charge is 2.10. The lowest BCUT2D eigenvalue weighted by Crippen LogP contribution is -2.05. The minimum atomic E-state index is -0.397. The van der Waals surface area contributed by atoms with E-state index in [-0.39, 0.29) is 0 Å². The van der Waals surface area contributed by atoms with Crippen LogP contribution in [0.5, 0.6) is 0 Å². The fraction of sp³-hybridized carbons (Fsp3) is 0.400. The van der Waals surface area contributed by atoms with Gasteiger partial charge < -0.3 is 5.11 Å². The molecular formula is C15H20N2O. The van der Waals surface area contributed by atoms with Crippen molar-refractivity contribution in [2.45, 2.75) is 39.3 Å². The molecule has 3 nitrogen and oxygen atoms in total. The summed E-state index contributed by atoms with van der Waals surface area (Å²) >= 11 is 0. The van der Waals surface area contributed by atoms with Gasteiger partial charge in [0.1, 0.15) is 0 Å². The molecule has 0 radical (unpaired) electrons. The van der Waals surface area contributed by atoms with Crippen LogP contribution < -0.4 is 0 Å². The molecule has 0 amide bonds. The normalized spacial score (nSPS) is 12.6. The number of hydrogen-bond donors (Lipinski definition) is 1. The Kier molecular flexibility index (Phi) is 4.15. The maximum absolute atomic E-state index is 10.1. The molecule has 2 aromatic rings. The minimum absolute atomic E-state index is 0.397. The Bertz CT molecular complexity index is 490. The van der Waals surface area contributed by atoms with E-state index in [1.54, 1.807) is 0 Å². The SMILES string of the molecule is CCn1nc(C)cc1CCC(O)c1ccccc1. The molecule has 0 fully saturated rings. The van der Waals surface area contributed by atoms with E-state index in [1.807, 2.05) is 41.9 Å². The Morgan fingerprint density at radius 3 is 2.67 bits per heavy atom. The van der Waals surface area contributed by atoms with Crippen molar-refractivity contribution in [3.8, 4) is 0 Å². The van der Waals surface area contributed by atoms with Crippen molar-refractivity contribution in [1.82, 2.24) is 9.78 Å². The zero-order valence-electron chi connectivity index (χ0n) is 11.0. The second-order valence-electron chi connectivity index (χ2n) is 4.56. The Morgan fingerprint density at radius 1 is 1.28 bits per heavy atom. The molecule has 96 valence electrons. The number of aliphatic hydroxyl groups excluding tert-OH is 1. The van der Waals surface area contributed by atoms with Gasteiger partial charge in [0.25, 0.3) is 0 Å². The van der Waals surface area contributed by atoms with Gasteiger partial charge in [0.05, 0.1) is 11.8 Å². The summed E-state index contributed by atoms with van der Waals surface area (Å²) in [5.41, 5.74) is 3.22. The first-order valence-corrected chi connectivity index (χ1v) is 6.47. The van der Waals surface area contributed by atoms with E-state index in [2.05, 4.69) is 18.1 Å². The van der Waals surface area contributed by atoms with Gasteiger partial charge in [-0.15, -0.1) is 0 Å². The fourth-order valence-corrected chi connectivity index (χ4v) is 2.20. The monoisotopic (exact) mass is 244 g/mol. The van der Waals surface area contributed by atoms with Crippen LogP contribution in [0.3, 0.4) is 0 Å². The second kappa shape index (κ2) is 5.83. The summed E-state index contributed by atoms with van der Waals surface area (Å²) in [6.45, 7) is 4.97. The van der Waals surface area contributed by atoms with Gasteiger partial charge in [-0.1, -0.05) is 30.3 Å². The summed E-state index contributed by atoms with van der Waals surface area (Å²) in [4.78, 5) is 0. The third-order valence-electron chi connectivity index (χ3n) is 3.14. The number of rotatable bonds is 5. The quantitative estimate of drug-likeness (QED) is 0.878. The van der Waals surface area contributed by atoms with E-state index in [1.165, 1.54) is 5.69 Å². The lowest BCUT2D eigenvalue weighted by Gasteiger charge is -2.11. The standard InChI is InChI=1S/C15H20N2O/c1-3-17-14(11-12(2)16-17)9-10-15(18)13-7-5-4-6-8-13/h4-8,11,15,18H,3,9-10H2,1-2H3. The first-order valence-electron chi connectivity index (χ1n) is 6.47. The molecule has 0 aliphatic carbocycles. The number of nitrogens with zero attached hydrogens (tertiary/aromatic N) is 2. The topological polar surface area (TPSA) is 38.0 Å². The van der Waals surface area contributed by atoms with Crippen LogP contribution in [0.1, 0.15) is 36.4 Å². The predicted octanol–water partition coefficient (Wildman–Crippen LogP) is 2.88. The van der Waals surface area contributed by atoms with Crippen LogP contribution in [0.4, 0.5) is 0 Å². The third-order valence-corrected chi connectivity index (χ3v) is 3.14. The number of benzene rings is 1. The van der Waals surface area contributed by atoms with Crippen molar-refractivity contribution in [2.24, 2.45) is 0 Å². The third kappa shape index (κ3) is 2.99. The summed E-state index contributed by atoms with van der Waals surface area (Å²) in [6.07, 6.45) is 1.19. The predicted molar refractivity (Wildman–Crippen MR) is 72.4 cm³/mol. The zero-order valence-corrected chi connectivity index (χ0v) is 11.0. The zero-order chi connectivity index (χ0) is 13.0. The molecule has 1 aromatic carbocycles. The molecule has 0 spiro atoms. The Morgan fingerprint density at radius 2 is 2.00 bits per heavy atom. The Labute approximate surface area is 108 Å². The summed E-state index contributed by atoms with van der Waals surface area (Å²) in [7, 11) is 0. The Balaban J connectivity index is 1.99. The van der Waals surface area contributed by atoms with E-state index in [0.717, 1.165) is 30.6 Å². The number of hydrogen-bond acceptors (Lipinski definition) is 2. The molecule has 0 aliphatic heterocycles. The molecule has 0 saturated carbocycles. The fourth-order valence-electron chi connectivity index (χ4n) is 2.20. The maximum atomic E-state index is 10.1. The summed E-state index contributed by atoms with van der Waals surface area (Å²) < 4.78 is 2.01. The van der Waals surface area contributed by atoms with Gasteiger partial charge in [-0.05, 0) is 38.3 Å². The second-order valence-corrected chi connectivity index (χ2v) is 4.56. The first kappa shape index (κ1) is 12.8. The number of aromatic nitrogens is 2. The van der Waals surface area contributed by atoms with Crippen LogP contribution in [0.25, 0.3) is 0 Å². The lowest BCUT2D eigenvalue weighted by atomic mass is 10.0. The molecule has 1 heterocycles. The van der Waals surface area contributed by atoms with Gasteiger partial charge in [0.2, 0.25) is 0 Å². The summed E-state index contributed by atoms with van der Waals surface area (Å²) in [6, 6.07) is 11.9. The van der Waals surface area contributed by atoms with E-state index < -0.39 is 6.10 Å². The Hall–Kier alpha value is -1.61. The smallest absolute Gasteiger partial charge is 0.0793 e. The molecule has 1 atom stereocenters. The lowest BCUT2D eigenvalue weighted by molar-refractivity contribution is 0.167. The van der Waals surface area contributed by atoms with Gasteiger partial charge in [0, 0.05) is 12.2 Å². The highest BCUT2D eigenvalue weighted by Crippen LogP contribution is 2.19. The van der Waals surface area contributed by atoms with Crippen molar-refractivity contribution < 1.29 is 5.11 Å². The van der Waals surface area contributed by atoms with Gasteiger partial charge in [-0.3, -0.25) is 4.68 Å². The highest BCUT2D eigenvalue weighted by molar-refractivity contribution is 5.18. The van der Waals surface area contributed by atoms with Gasteiger partial charge in [-0.25, -0.2) is 0 Å². The van der Waals surface area contributed by atoms with Crippen LogP contribution in [0.2, 0.25) is 0 Å². The van der Waals surface area contributed by atoms with Crippen LogP contribution in [-0.4, -0.2) is 14.9 Å². The highest BCUT2D eigenvalue weighted by atomic mass is 16.3. The van der Waals surface area contributed by atoms with Gasteiger partial charge >= 0.3 is 0 Å². The van der Waals surface area contributed by atoms with Crippen LogP contribution in [-0.2, 0) is 13.0 Å². The molecular weight excluding hydrogens is 224 g/mol. The number of aliphatic hydroxyl groups is 1. The van der Waals surface area contributed by atoms with Crippen LogP contribution in [0.15, 0.2) is 36.4 Å². The van der Waals surface area contributed by atoms with Crippen molar-refractivity contribution in [3.63, 3.8) is 0 Å².